The maximum Gasteiger partial charge on any atom is 0.490 e. The molecule has 10 nitrogen and oxygen atoms in total. The van der Waals surface area contributed by atoms with Crippen molar-refractivity contribution >= 4 is 23.4 Å². The maximum atomic E-state index is 12.4. The zero-order valence-corrected chi connectivity index (χ0v) is 18.6. The fourth-order valence-electron chi connectivity index (χ4n) is 3.23. The van der Waals surface area contributed by atoms with Gasteiger partial charge in [0, 0.05) is 42.7 Å². The van der Waals surface area contributed by atoms with E-state index in [0.29, 0.717) is 12.1 Å². The van der Waals surface area contributed by atoms with Crippen LogP contribution in [-0.2, 0) is 9.59 Å². The highest BCUT2D eigenvalue weighted by Crippen LogP contribution is 2.26. The molecule has 0 bridgehead atoms. The first-order valence-corrected chi connectivity index (χ1v) is 10.5. The highest BCUT2D eigenvalue weighted by atomic mass is 19.4. The number of aliphatic carboxylic acids is 1. The molecule has 0 radical (unpaired) electrons. The van der Waals surface area contributed by atoms with Crippen LogP contribution in [0.4, 0.5) is 18.9 Å². The molecule has 0 unspecified atom stereocenters. The molecule has 1 aliphatic heterocycles. The van der Waals surface area contributed by atoms with Gasteiger partial charge in [-0.3, -0.25) is 15.2 Å². The number of hydrogen-bond donors (Lipinski definition) is 5. The Kier molecular flexibility index (Phi) is 9.67. The van der Waals surface area contributed by atoms with Crippen LogP contribution < -0.4 is 20.7 Å². The number of pyridine rings is 1. The lowest BCUT2D eigenvalue weighted by molar-refractivity contribution is -0.192. The molecule has 1 aliphatic rings. The van der Waals surface area contributed by atoms with Crippen molar-refractivity contribution in [1.82, 2.24) is 10.3 Å². The molecule has 1 fully saturated rings. The number of anilines is 1. The average Bonchev–Trinajstić information content (AvgIpc) is 2.83. The van der Waals surface area contributed by atoms with Gasteiger partial charge in [-0.1, -0.05) is 0 Å². The molecule has 2 aromatic rings. The second-order valence-corrected chi connectivity index (χ2v) is 7.51. The monoisotopic (exact) mass is 497 g/mol. The number of rotatable bonds is 7. The lowest BCUT2D eigenvalue weighted by atomic mass is 9.95. The second kappa shape index (κ2) is 12.4. The minimum Gasteiger partial charge on any atom is -0.504 e. The lowest BCUT2D eigenvalue weighted by Gasteiger charge is -2.32. The van der Waals surface area contributed by atoms with E-state index in [0.717, 1.165) is 31.6 Å². The molecule has 13 heteroatoms. The van der Waals surface area contributed by atoms with Crippen LogP contribution in [0.5, 0.6) is 11.5 Å². The van der Waals surface area contributed by atoms with E-state index in [4.69, 9.17) is 25.8 Å². The zero-order valence-electron chi connectivity index (χ0n) is 18.6. The number of carboxylic acids is 1. The first-order valence-electron chi connectivity index (χ1n) is 10.5. The van der Waals surface area contributed by atoms with Crippen molar-refractivity contribution in [2.75, 3.05) is 31.1 Å². The number of ether oxygens (including phenoxy) is 1. The first-order chi connectivity index (χ1) is 16.5. The number of aromatic nitrogens is 1. The first kappa shape index (κ1) is 27.2. The number of hydrogen-bond acceptors (Lipinski definition) is 7. The second-order valence-electron chi connectivity index (χ2n) is 7.51. The molecule has 1 saturated heterocycles. The third-order valence-corrected chi connectivity index (χ3v) is 5.07. The number of carboxylic acid groups (broad SMARTS) is 1. The fraction of sp³-hybridized carbons (Fsp3) is 0.364. The van der Waals surface area contributed by atoms with Gasteiger partial charge in [-0.15, -0.1) is 0 Å². The Balaban J connectivity index is 0.000000540. The van der Waals surface area contributed by atoms with Crippen molar-refractivity contribution in [3.63, 3.8) is 0 Å². The Morgan fingerprint density at radius 3 is 2.34 bits per heavy atom. The number of nitrogens with two attached hydrogens (primary N) is 1. The van der Waals surface area contributed by atoms with Crippen LogP contribution in [0.15, 0.2) is 42.7 Å². The van der Waals surface area contributed by atoms with Gasteiger partial charge in [-0.2, -0.15) is 13.2 Å². The van der Waals surface area contributed by atoms with Gasteiger partial charge in [0.25, 0.3) is 0 Å². The summed E-state index contributed by atoms with van der Waals surface area (Å²) in [6.07, 6.45) is 0.0724. The number of benzene rings is 1. The summed E-state index contributed by atoms with van der Waals surface area (Å²) in [5.41, 5.74) is 7.04. The minimum absolute atomic E-state index is 0.00692. The van der Waals surface area contributed by atoms with Gasteiger partial charge in [0.2, 0.25) is 5.91 Å². The Labute approximate surface area is 199 Å². The van der Waals surface area contributed by atoms with E-state index in [1.165, 1.54) is 12.1 Å². The number of halogens is 3. The molecule has 0 aliphatic carbocycles. The van der Waals surface area contributed by atoms with Gasteiger partial charge >= 0.3 is 12.1 Å². The molecule has 0 saturated carbocycles. The molecule has 1 aromatic heterocycles. The molecule has 1 amide bonds. The van der Waals surface area contributed by atoms with E-state index in [-0.39, 0.29) is 35.8 Å². The summed E-state index contributed by atoms with van der Waals surface area (Å²) >= 11 is 0. The van der Waals surface area contributed by atoms with Gasteiger partial charge in [-0.25, -0.2) is 4.79 Å². The number of amidine groups is 1. The van der Waals surface area contributed by atoms with Crippen LogP contribution in [-0.4, -0.2) is 65.3 Å². The summed E-state index contributed by atoms with van der Waals surface area (Å²) < 4.78 is 37.2. The summed E-state index contributed by atoms with van der Waals surface area (Å²) in [6, 6.07) is 8.45. The van der Waals surface area contributed by atoms with E-state index >= 15 is 0 Å². The highest BCUT2D eigenvalue weighted by molar-refractivity contribution is 5.95. The van der Waals surface area contributed by atoms with Crippen LogP contribution >= 0.6 is 0 Å². The quantitative estimate of drug-likeness (QED) is 0.221. The zero-order chi connectivity index (χ0) is 26.0. The number of nitrogen functional groups attached to an aromatic ring is 1. The molecule has 6 N–H and O–H groups in total. The number of nitrogens with zero attached hydrogens (tertiary/aromatic N) is 2. The van der Waals surface area contributed by atoms with Crippen molar-refractivity contribution in [2.45, 2.75) is 19.0 Å². The van der Waals surface area contributed by atoms with E-state index in [2.05, 4.69) is 15.2 Å². The lowest BCUT2D eigenvalue weighted by Crippen LogP contribution is -2.41. The molecule has 1 aromatic carbocycles. The van der Waals surface area contributed by atoms with Crippen LogP contribution in [0, 0.1) is 11.3 Å². The largest absolute Gasteiger partial charge is 0.504 e. The third-order valence-electron chi connectivity index (χ3n) is 5.07. The molecule has 3 rings (SSSR count). The Hall–Kier alpha value is -4.03. The van der Waals surface area contributed by atoms with Crippen molar-refractivity contribution < 1.29 is 37.7 Å². The number of phenols is 1. The Bertz CT molecular complexity index is 1010. The Morgan fingerprint density at radius 1 is 1.20 bits per heavy atom. The molecule has 35 heavy (non-hydrogen) atoms. The topological polar surface area (TPSA) is 162 Å². The number of phenolic OH excluding ortho intramolecular Hbond substituents is 1. The predicted octanol–water partition coefficient (Wildman–Crippen LogP) is 2.12. The predicted molar refractivity (Wildman–Crippen MR) is 120 cm³/mol. The van der Waals surface area contributed by atoms with Crippen LogP contribution in [0.25, 0.3) is 0 Å². The van der Waals surface area contributed by atoms with Gasteiger partial charge in [-0.05, 0) is 43.2 Å². The molecule has 190 valence electrons. The standard InChI is InChI=1S/C20H25N5O3.C2HF3O2/c21-19(22)15-1-2-17(26)18(13-15)28-12-9-24-20(27)14-5-10-25(11-6-14)16-3-7-23-8-4-16;3-2(4,5)1(6)7/h1-4,7-8,13-14,26H,5-6,9-12H2,(H3,21,22)(H,24,27);(H,6,7). The molecule has 0 atom stereocenters. The number of piperidine rings is 1. The Morgan fingerprint density at radius 2 is 1.80 bits per heavy atom. The van der Waals surface area contributed by atoms with Crippen LogP contribution in [0.3, 0.4) is 0 Å². The summed E-state index contributed by atoms with van der Waals surface area (Å²) in [6.45, 7) is 2.23. The van der Waals surface area contributed by atoms with E-state index in [9.17, 15) is 23.1 Å². The normalized spacial score (nSPS) is 13.9. The van der Waals surface area contributed by atoms with Crippen molar-refractivity contribution in [1.29, 1.82) is 5.41 Å². The molecule has 2 heterocycles. The number of carbonyl (C=O) groups excluding carboxylic acids is 1. The van der Waals surface area contributed by atoms with Crippen molar-refractivity contribution in [2.24, 2.45) is 11.7 Å². The maximum absolute atomic E-state index is 12.4. The third kappa shape index (κ3) is 8.68. The van der Waals surface area contributed by atoms with Gasteiger partial charge < -0.3 is 30.9 Å². The SMILES string of the molecule is N=C(N)c1ccc(O)c(OCCNC(=O)C2CCN(c3ccncc3)CC2)c1.O=C(O)C(F)(F)F. The number of aromatic hydroxyl groups is 1. The highest BCUT2D eigenvalue weighted by Gasteiger charge is 2.38. The van der Waals surface area contributed by atoms with Gasteiger partial charge in [0.05, 0.1) is 6.54 Å². The molecular weight excluding hydrogens is 471 g/mol. The van der Waals surface area contributed by atoms with E-state index < -0.39 is 12.1 Å². The summed E-state index contributed by atoms with van der Waals surface area (Å²) in [5.74, 6) is -2.62. The average molecular weight is 497 g/mol. The van der Waals surface area contributed by atoms with Crippen LogP contribution in [0.1, 0.15) is 18.4 Å². The molecular formula is C22H26F3N5O5. The fourth-order valence-corrected chi connectivity index (χ4v) is 3.23. The van der Waals surface area contributed by atoms with Crippen molar-refractivity contribution in [3.05, 3.63) is 48.3 Å². The smallest absolute Gasteiger partial charge is 0.490 e. The summed E-state index contributed by atoms with van der Waals surface area (Å²) in [5, 5.41) is 27.3. The van der Waals surface area contributed by atoms with Crippen LogP contribution in [0.2, 0.25) is 0 Å². The van der Waals surface area contributed by atoms with Gasteiger partial charge in [0.1, 0.15) is 12.4 Å². The van der Waals surface area contributed by atoms with E-state index in [1.807, 2.05) is 12.1 Å². The summed E-state index contributed by atoms with van der Waals surface area (Å²) in [7, 11) is 0. The number of amides is 1. The number of alkyl halides is 3. The van der Waals surface area contributed by atoms with E-state index in [1.54, 1.807) is 18.5 Å². The number of carbonyl (C=O) groups is 2. The van der Waals surface area contributed by atoms with Gasteiger partial charge in [0.15, 0.2) is 11.5 Å². The summed E-state index contributed by atoms with van der Waals surface area (Å²) in [4.78, 5) is 27.6. The minimum atomic E-state index is -5.08. The van der Waals surface area contributed by atoms with Crippen molar-refractivity contribution in [3.8, 4) is 11.5 Å². The number of nitrogens with one attached hydrogen (secondary N) is 2. The molecule has 0 spiro atoms.